The first-order valence-electron chi connectivity index (χ1n) is 8.73. The van der Waals surface area contributed by atoms with Crippen molar-refractivity contribution in [3.63, 3.8) is 0 Å². The Morgan fingerprint density at radius 2 is 1.96 bits per heavy atom. The molecule has 5 nitrogen and oxygen atoms in total. The van der Waals surface area contributed by atoms with Crippen LogP contribution in [0.1, 0.15) is 24.1 Å². The van der Waals surface area contributed by atoms with Gasteiger partial charge in [0.15, 0.2) is 5.82 Å². The van der Waals surface area contributed by atoms with Gasteiger partial charge < -0.3 is 9.88 Å². The highest BCUT2D eigenvalue weighted by molar-refractivity contribution is 5.85. The highest BCUT2D eigenvalue weighted by Gasteiger charge is 2.15. The van der Waals surface area contributed by atoms with E-state index >= 15 is 0 Å². The predicted octanol–water partition coefficient (Wildman–Crippen LogP) is 3.72. The summed E-state index contributed by atoms with van der Waals surface area (Å²) >= 11 is 0. The molecule has 0 saturated carbocycles. The maximum atomic E-state index is 4.77. The summed E-state index contributed by atoms with van der Waals surface area (Å²) in [5.74, 6) is 0.976. The first-order valence-corrected chi connectivity index (χ1v) is 8.73. The number of benzene rings is 1. The summed E-state index contributed by atoms with van der Waals surface area (Å²) in [6.07, 6.45) is 7.24. The van der Waals surface area contributed by atoms with E-state index in [-0.39, 0.29) is 24.8 Å². The van der Waals surface area contributed by atoms with Gasteiger partial charge in [-0.2, -0.15) is 5.10 Å². The van der Waals surface area contributed by atoms with Crippen LogP contribution in [-0.2, 0) is 26.1 Å². The van der Waals surface area contributed by atoms with Gasteiger partial charge in [-0.1, -0.05) is 30.3 Å². The van der Waals surface area contributed by atoms with Crippen LogP contribution in [0, 0.1) is 0 Å². The van der Waals surface area contributed by atoms with Gasteiger partial charge in [0.05, 0.1) is 5.69 Å². The molecule has 3 heterocycles. The topological polar surface area (TPSA) is 47.7 Å². The van der Waals surface area contributed by atoms with Crippen molar-refractivity contribution in [1.29, 1.82) is 0 Å². The smallest absolute Gasteiger partial charge is 0.160 e. The number of fused-ring (bicyclic) bond motifs is 1. The molecule has 0 fully saturated rings. The number of halogens is 2. The zero-order valence-corrected chi connectivity index (χ0v) is 16.3. The second kappa shape index (κ2) is 9.76. The third-order valence-corrected chi connectivity index (χ3v) is 4.54. The highest BCUT2D eigenvalue weighted by atomic mass is 35.5. The Morgan fingerprint density at radius 3 is 2.81 bits per heavy atom. The molecule has 7 heteroatoms. The minimum absolute atomic E-state index is 0. The number of hydrogen-bond donors (Lipinski definition) is 1. The van der Waals surface area contributed by atoms with E-state index in [1.807, 2.05) is 6.20 Å². The van der Waals surface area contributed by atoms with Gasteiger partial charge in [-0.15, -0.1) is 24.8 Å². The Kier molecular flexibility index (Phi) is 7.69. The summed E-state index contributed by atoms with van der Waals surface area (Å²) < 4.78 is 4.34. The van der Waals surface area contributed by atoms with Crippen molar-refractivity contribution in [2.75, 3.05) is 6.54 Å². The van der Waals surface area contributed by atoms with Gasteiger partial charge in [0.25, 0.3) is 0 Å². The second-order valence-corrected chi connectivity index (χ2v) is 6.31. The van der Waals surface area contributed by atoms with Gasteiger partial charge >= 0.3 is 0 Å². The fourth-order valence-corrected chi connectivity index (χ4v) is 3.29. The number of aryl methyl sites for hydroxylation is 3. The van der Waals surface area contributed by atoms with Crippen LogP contribution in [0.15, 0.2) is 48.8 Å². The minimum Gasteiger partial charge on any atom is -0.330 e. The standard InChI is InChI=1S/C19H23N5.2ClH/c1-2-6-16(7-3-1)8-4-11-23-13-10-21-19(23)18-14-17-15-20-9-5-12-24(17)22-18;;/h1-3,6-7,10,13-14,20H,4-5,8-9,11-12,15H2;2*1H. The molecule has 3 aromatic rings. The molecule has 2 aromatic heterocycles. The normalized spacial score (nSPS) is 13.2. The van der Waals surface area contributed by atoms with Gasteiger partial charge in [-0.05, 0) is 37.4 Å². The van der Waals surface area contributed by atoms with E-state index in [0.29, 0.717) is 0 Å². The molecular formula is C19H25Cl2N5. The molecule has 0 amide bonds. The summed E-state index contributed by atoms with van der Waals surface area (Å²) in [6.45, 7) is 3.90. The van der Waals surface area contributed by atoms with Crippen molar-refractivity contribution < 1.29 is 0 Å². The SMILES string of the molecule is Cl.Cl.c1ccc(CCCn2ccnc2-c2cc3n(n2)CCCNC3)cc1. The van der Waals surface area contributed by atoms with E-state index in [1.165, 1.54) is 11.3 Å². The molecule has 1 aromatic carbocycles. The van der Waals surface area contributed by atoms with Crippen LogP contribution >= 0.6 is 24.8 Å². The summed E-state index contributed by atoms with van der Waals surface area (Å²) in [4.78, 5) is 4.55. The van der Waals surface area contributed by atoms with E-state index < -0.39 is 0 Å². The van der Waals surface area contributed by atoms with Crippen molar-refractivity contribution >= 4 is 24.8 Å². The van der Waals surface area contributed by atoms with Gasteiger partial charge in [-0.25, -0.2) is 4.98 Å². The maximum absolute atomic E-state index is 4.77. The van der Waals surface area contributed by atoms with E-state index in [4.69, 9.17) is 5.10 Å². The van der Waals surface area contributed by atoms with Crippen molar-refractivity contribution in [1.82, 2.24) is 24.6 Å². The molecule has 0 unspecified atom stereocenters. The summed E-state index contributed by atoms with van der Waals surface area (Å²) in [6, 6.07) is 12.8. The first-order chi connectivity index (χ1) is 11.9. The first kappa shape index (κ1) is 20.5. The van der Waals surface area contributed by atoms with Crippen LogP contribution in [0.2, 0.25) is 0 Å². The van der Waals surface area contributed by atoms with Gasteiger partial charge in [0.2, 0.25) is 0 Å². The van der Waals surface area contributed by atoms with Crippen molar-refractivity contribution in [2.45, 2.75) is 38.9 Å². The number of rotatable bonds is 5. The molecule has 0 bridgehead atoms. The average molecular weight is 394 g/mol. The van der Waals surface area contributed by atoms with Crippen LogP contribution < -0.4 is 5.32 Å². The van der Waals surface area contributed by atoms with Crippen LogP contribution in [0.5, 0.6) is 0 Å². The van der Waals surface area contributed by atoms with E-state index in [1.54, 1.807) is 0 Å². The highest BCUT2D eigenvalue weighted by Crippen LogP contribution is 2.19. The predicted molar refractivity (Wildman–Crippen MR) is 109 cm³/mol. The molecule has 26 heavy (non-hydrogen) atoms. The number of nitrogens with one attached hydrogen (secondary N) is 1. The lowest BCUT2D eigenvalue weighted by Gasteiger charge is -2.06. The molecule has 0 spiro atoms. The largest absolute Gasteiger partial charge is 0.330 e. The molecule has 1 aliphatic rings. The molecule has 1 N–H and O–H groups in total. The lowest BCUT2D eigenvalue weighted by atomic mass is 10.1. The van der Waals surface area contributed by atoms with Gasteiger partial charge in [-0.3, -0.25) is 4.68 Å². The molecule has 140 valence electrons. The second-order valence-electron chi connectivity index (χ2n) is 6.31. The Labute approximate surface area is 166 Å². The van der Waals surface area contributed by atoms with Crippen LogP contribution in [-0.4, -0.2) is 25.9 Å². The van der Waals surface area contributed by atoms with Crippen molar-refractivity contribution in [2.24, 2.45) is 0 Å². The third kappa shape index (κ3) is 4.67. The van der Waals surface area contributed by atoms with Gasteiger partial charge in [0, 0.05) is 32.0 Å². The number of nitrogens with zero attached hydrogens (tertiary/aromatic N) is 4. The van der Waals surface area contributed by atoms with Crippen LogP contribution in [0.25, 0.3) is 11.5 Å². The molecule has 1 aliphatic heterocycles. The van der Waals surface area contributed by atoms with Crippen molar-refractivity contribution in [3.8, 4) is 11.5 Å². The third-order valence-electron chi connectivity index (χ3n) is 4.54. The molecule has 0 aliphatic carbocycles. The summed E-state index contributed by atoms with van der Waals surface area (Å²) in [5.41, 5.74) is 3.62. The van der Waals surface area contributed by atoms with E-state index in [2.05, 4.69) is 62.1 Å². The molecule has 0 saturated heterocycles. The lowest BCUT2D eigenvalue weighted by Crippen LogP contribution is -2.11. The number of aromatic nitrogens is 4. The number of hydrogen-bond acceptors (Lipinski definition) is 3. The minimum atomic E-state index is 0. The molecule has 0 radical (unpaired) electrons. The zero-order chi connectivity index (χ0) is 16.2. The van der Waals surface area contributed by atoms with Crippen LogP contribution in [0.4, 0.5) is 0 Å². The monoisotopic (exact) mass is 393 g/mol. The van der Waals surface area contributed by atoms with Crippen LogP contribution in [0.3, 0.4) is 0 Å². The fraction of sp³-hybridized carbons (Fsp3) is 0.368. The Morgan fingerprint density at radius 1 is 1.12 bits per heavy atom. The zero-order valence-electron chi connectivity index (χ0n) is 14.7. The Bertz CT molecular complexity index is 774. The van der Waals surface area contributed by atoms with Crippen molar-refractivity contribution in [3.05, 3.63) is 60.0 Å². The Balaban J connectivity index is 0.00000121. The fourth-order valence-electron chi connectivity index (χ4n) is 3.29. The molecule has 4 rings (SSSR count). The maximum Gasteiger partial charge on any atom is 0.160 e. The molecule has 0 atom stereocenters. The van der Waals surface area contributed by atoms with E-state index in [9.17, 15) is 0 Å². The molecular weight excluding hydrogens is 369 g/mol. The Hall–Kier alpha value is -1.82. The van der Waals surface area contributed by atoms with E-state index in [0.717, 1.165) is 57.0 Å². The summed E-state index contributed by atoms with van der Waals surface area (Å²) in [5, 5.41) is 8.21. The van der Waals surface area contributed by atoms with Gasteiger partial charge in [0.1, 0.15) is 5.69 Å². The average Bonchev–Trinajstić information content (AvgIpc) is 3.17. The number of imidazole rings is 1. The quantitative estimate of drug-likeness (QED) is 0.718. The lowest BCUT2D eigenvalue weighted by molar-refractivity contribution is 0.586. The summed E-state index contributed by atoms with van der Waals surface area (Å²) in [7, 11) is 0.